The van der Waals surface area contributed by atoms with Crippen LogP contribution in [0, 0.1) is 6.92 Å². The van der Waals surface area contributed by atoms with Crippen molar-refractivity contribution in [3.63, 3.8) is 0 Å². The molecule has 5 aromatic rings. The topological polar surface area (TPSA) is 34.2 Å². The Morgan fingerprint density at radius 3 is 1.88 bits per heavy atom. The van der Waals surface area contributed by atoms with Crippen LogP contribution in [0.15, 0.2) is 97.1 Å². The van der Waals surface area contributed by atoms with Gasteiger partial charge in [0.25, 0.3) is 0 Å². The monoisotopic (exact) mass is 453 g/mol. The Morgan fingerprint density at radius 2 is 1.27 bits per heavy atom. The van der Waals surface area contributed by atoms with Crippen LogP contribution < -0.4 is 9.47 Å². The van der Waals surface area contributed by atoms with Gasteiger partial charge in [0, 0.05) is 16.5 Å². The van der Waals surface area contributed by atoms with E-state index >= 15 is 0 Å². The van der Waals surface area contributed by atoms with Crippen molar-refractivity contribution >= 4 is 22.5 Å². The molecule has 0 radical (unpaired) electrons. The van der Waals surface area contributed by atoms with Crippen molar-refractivity contribution in [1.29, 1.82) is 0 Å². The van der Waals surface area contributed by atoms with Gasteiger partial charge in [0.1, 0.15) is 24.7 Å². The number of fused-ring (bicyclic) bond motifs is 1. The first-order chi connectivity index (χ1) is 16.2. The number of rotatable bonds is 7. The van der Waals surface area contributed by atoms with Crippen molar-refractivity contribution in [2.75, 3.05) is 0 Å². The number of benzene rings is 4. The Morgan fingerprint density at radius 1 is 0.697 bits per heavy atom. The molecule has 0 spiro atoms. The van der Waals surface area contributed by atoms with Crippen molar-refractivity contribution < 1.29 is 9.47 Å². The molecule has 0 aliphatic heterocycles. The van der Waals surface area contributed by atoms with Crippen molar-refractivity contribution in [3.8, 4) is 22.8 Å². The van der Waals surface area contributed by atoms with Gasteiger partial charge in [-0.3, -0.25) is 0 Å². The van der Waals surface area contributed by atoms with Crippen LogP contribution in [0.3, 0.4) is 0 Å². The molecule has 0 aliphatic rings. The second-order valence-corrected chi connectivity index (χ2v) is 8.42. The molecular formula is C29H24ClNO2. The molecule has 0 bridgehead atoms. The summed E-state index contributed by atoms with van der Waals surface area (Å²) in [4.78, 5) is 3.47. The Kier molecular flexibility index (Phi) is 6.05. The molecule has 5 rings (SSSR count). The highest BCUT2D eigenvalue weighted by atomic mass is 35.5. The zero-order valence-electron chi connectivity index (χ0n) is 18.3. The molecule has 0 fully saturated rings. The standard InChI is InChI=1S/C29H24ClNO2/c1-20-16-23(32-18-21-8-4-2-5-9-21)12-14-25(20)29-28(30)26-17-24(13-15-27(26)31-29)33-19-22-10-6-3-7-11-22/h2-17,31H,18-19H2,1H3. The quantitative estimate of drug-likeness (QED) is 0.271. The number of aromatic amines is 1. The van der Waals surface area contributed by atoms with E-state index in [2.05, 4.69) is 48.3 Å². The third-order valence-corrected chi connectivity index (χ3v) is 6.06. The summed E-state index contributed by atoms with van der Waals surface area (Å²) < 4.78 is 12.0. The molecule has 1 aromatic heterocycles. The zero-order chi connectivity index (χ0) is 22.6. The fourth-order valence-corrected chi connectivity index (χ4v) is 4.21. The average Bonchev–Trinajstić information content (AvgIpc) is 3.18. The lowest BCUT2D eigenvalue weighted by Crippen LogP contribution is -1.95. The highest BCUT2D eigenvalue weighted by Gasteiger charge is 2.15. The number of aromatic nitrogens is 1. The lowest BCUT2D eigenvalue weighted by atomic mass is 10.1. The lowest BCUT2D eigenvalue weighted by Gasteiger charge is -2.10. The minimum absolute atomic E-state index is 0.519. The molecule has 0 saturated carbocycles. The Balaban J connectivity index is 1.36. The van der Waals surface area contributed by atoms with Crippen molar-refractivity contribution in [3.05, 3.63) is 119 Å². The first-order valence-corrected chi connectivity index (χ1v) is 11.3. The first kappa shape index (κ1) is 21.2. The molecule has 0 saturated heterocycles. The van der Waals surface area contributed by atoms with Crippen molar-refractivity contribution in [1.82, 2.24) is 4.98 Å². The van der Waals surface area contributed by atoms with Crippen LogP contribution in [0.4, 0.5) is 0 Å². The number of hydrogen-bond donors (Lipinski definition) is 1. The summed E-state index contributed by atoms with van der Waals surface area (Å²) in [6, 6.07) is 32.3. The Hall–Kier alpha value is -3.69. The number of H-pyrrole nitrogens is 1. The zero-order valence-corrected chi connectivity index (χ0v) is 19.1. The molecule has 0 unspecified atom stereocenters. The van der Waals surface area contributed by atoms with E-state index in [0.717, 1.165) is 50.3 Å². The van der Waals surface area contributed by atoms with E-state index in [9.17, 15) is 0 Å². The molecule has 1 heterocycles. The minimum Gasteiger partial charge on any atom is -0.489 e. The lowest BCUT2D eigenvalue weighted by molar-refractivity contribution is 0.306. The first-order valence-electron chi connectivity index (χ1n) is 10.9. The molecule has 164 valence electrons. The van der Waals surface area contributed by atoms with Gasteiger partial charge in [0.15, 0.2) is 0 Å². The van der Waals surface area contributed by atoms with Gasteiger partial charge in [-0.05, 0) is 60.0 Å². The number of ether oxygens (including phenoxy) is 2. The van der Waals surface area contributed by atoms with Crippen LogP contribution in [-0.2, 0) is 13.2 Å². The van der Waals surface area contributed by atoms with Crippen LogP contribution in [-0.4, -0.2) is 4.98 Å². The Bertz CT molecular complexity index is 1380. The van der Waals surface area contributed by atoms with Gasteiger partial charge < -0.3 is 14.5 Å². The number of nitrogens with one attached hydrogen (secondary N) is 1. The van der Waals surface area contributed by atoms with Gasteiger partial charge >= 0.3 is 0 Å². The van der Waals surface area contributed by atoms with Gasteiger partial charge in [0.05, 0.1) is 10.7 Å². The van der Waals surface area contributed by atoms with E-state index in [-0.39, 0.29) is 0 Å². The second-order valence-electron chi connectivity index (χ2n) is 8.05. The Labute approximate surface area is 198 Å². The fourth-order valence-electron chi connectivity index (χ4n) is 3.90. The largest absolute Gasteiger partial charge is 0.489 e. The molecule has 0 atom stereocenters. The second kappa shape index (κ2) is 9.43. The van der Waals surface area contributed by atoms with E-state index in [4.69, 9.17) is 21.1 Å². The van der Waals surface area contributed by atoms with Crippen molar-refractivity contribution in [2.45, 2.75) is 20.1 Å². The summed E-state index contributed by atoms with van der Waals surface area (Å²) in [5, 5.41) is 1.64. The molecule has 4 aromatic carbocycles. The van der Waals surface area contributed by atoms with E-state index < -0.39 is 0 Å². The average molecular weight is 454 g/mol. The van der Waals surface area contributed by atoms with Crippen LogP contribution in [0.5, 0.6) is 11.5 Å². The third-order valence-electron chi connectivity index (χ3n) is 5.67. The molecule has 0 amide bonds. The third kappa shape index (κ3) is 4.74. The van der Waals surface area contributed by atoms with E-state index in [1.807, 2.05) is 60.7 Å². The summed E-state index contributed by atoms with van der Waals surface area (Å²) in [6.07, 6.45) is 0. The van der Waals surface area contributed by atoms with Crippen LogP contribution in [0.1, 0.15) is 16.7 Å². The van der Waals surface area contributed by atoms with Gasteiger partial charge in [-0.1, -0.05) is 72.3 Å². The van der Waals surface area contributed by atoms with Crippen LogP contribution in [0.25, 0.3) is 22.2 Å². The molecule has 3 nitrogen and oxygen atoms in total. The summed E-state index contributed by atoms with van der Waals surface area (Å²) >= 11 is 6.82. The van der Waals surface area contributed by atoms with Gasteiger partial charge in [-0.15, -0.1) is 0 Å². The predicted molar refractivity (Wildman–Crippen MR) is 135 cm³/mol. The molecule has 1 N–H and O–H groups in total. The van der Waals surface area contributed by atoms with E-state index in [1.165, 1.54) is 0 Å². The number of aryl methyl sites for hydroxylation is 1. The molecular weight excluding hydrogens is 430 g/mol. The van der Waals surface area contributed by atoms with Crippen LogP contribution in [0.2, 0.25) is 5.02 Å². The molecule has 33 heavy (non-hydrogen) atoms. The summed E-state index contributed by atoms with van der Waals surface area (Å²) in [5.41, 5.74) is 6.29. The SMILES string of the molecule is Cc1cc(OCc2ccccc2)ccc1-c1[nH]c2ccc(OCc3ccccc3)cc2c1Cl. The predicted octanol–water partition coefficient (Wildman–Crippen LogP) is 7.95. The number of hydrogen-bond acceptors (Lipinski definition) is 2. The summed E-state index contributed by atoms with van der Waals surface area (Å²) in [6.45, 7) is 3.13. The van der Waals surface area contributed by atoms with Crippen molar-refractivity contribution in [2.24, 2.45) is 0 Å². The molecule has 4 heteroatoms. The smallest absolute Gasteiger partial charge is 0.120 e. The maximum absolute atomic E-state index is 6.82. The fraction of sp³-hybridized carbons (Fsp3) is 0.103. The van der Waals surface area contributed by atoms with E-state index in [0.29, 0.717) is 18.2 Å². The van der Waals surface area contributed by atoms with Gasteiger partial charge in [-0.25, -0.2) is 0 Å². The van der Waals surface area contributed by atoms with E-state index in [1.54, 1.807) is 0 Å². The minimum atomic E-state index is 0.519. The van der Waals surface area contributed by atoms with Gasteiger partial charge in [-0.2, -0.15) is 0 Å². The molecule has 0 aliphatic carbocycles. The maximum Gasteiger partial charge on any atom is 0.120 e. The summed E-state index contributed by atoms with van der Waals surface area (Å²) in [5.74, 6) is 1.63. The normalized spacial score (nSPS) is 11.0. The number of halogens is 1. The summed E-state index contributed by atoms with van der Waals surface area (Å²) in [7, 11) is 0. The highest BCUT2D eigenvalue weighted by molar-refractivity contribution is 6.38. The van der Waals surface area contributed by atoms with Crippen LogP contribution >= 0.6 is 11.6 Å². The van der Waals surface area contributed by atoms with Gasteiger partial charge in [0.2, 0.25) is 0 Å². The highest BCUT2D eigenvalue weighted by Crippen LogP contribution is 2.38. The maximum atomic E-state index is 6.82.